The molecule has 0 aliphatic heterocycles. The predicted molar refractivity (Wildman–Crippen MR) is 47.3 cm³/mol. The highest BCUT2D eigenvalue weighted by atomic mass is 32.2. The largest absolute Gasteiger partial charge is 0.315 e. The lowest BCUT2D eigenvalue weighted by molar-refractivity contribution is 0.585. The number of sulfone groups is 1. The van der Waals surface area contributed by atoms with Gasteiger partial charge in [0, 0.05) is 0 Å². The summed E-state index contributed by atoms with van der Waals surface area (Å²) >= 11 is 0. The quantitative estimate of drug-likeness (QED) is 0.740. The van der Waals surface area contributed by atoms with E-state index < -0.39 is 15.2 Å². The van der Waals surface area contributed by atoms with Crippen LogP contribution < -0.4 is 5.73 Å². The molecular weight excluding hydrogens is 174 g/mol. The molecule has 1 atom stereocenters. The van der Waals surface area contributed by atoms with Crippen LogP contribution >= 0.6 is 0 Å². The first-order valence-corrected chi connectivity index (χ1v) is 5.14. The molecule has 1 unspecified atom stereocenters. The van der Waals surface area contributed by atoms with E-state index in [0.717, 1.165) is 0 Å². The molecule has 0 aliphatic rings. The van der Waals surface area contributed by atoms with Crippen LogP contribution in [-0.4, -0.2) is 13.8 Å². The van der Waals surface area contributed by atoms with Gasteiger partial charge in [0.1, 0.15) is 5.37 Å². The highest BCUT2D eigenvalue weighted by molar-refractivity contribution is 7.92. The lowest BCUT2D eigenvalue weighted by Crippen LogP contribution is -2.26. The summed E-state index contributed by atoms with van der Waals surface area (Å²) < 4.78 is 22.8. The molecule has 66 valence electrons. The van der Waals surface area contributed by atoms with Gasteiger partial charge in [-0.25, -0.2) is 8.42 Å². The van der Waals surface area contributed by atoms with Crippen molar-refractivity contribution in [3.05, 3.63) is 30.3 Å². The van der Waals surface area contributed by atoms with Crippen molar-refractivity contribution in [1.29, 1.82) is 0 Å². The van der Waals surface area contributed by atoms with Gasteiger partial charge >= 0.3 is 0 Å². The molecule has 0 bridgehead atoms. The maximum Gasteiger partial charge on any atom is 0.193 e. The lowest BCUT2D eigenvalue weighted by Gasteiger charge is -2.06. The van der Waals surface area contributed by atoms with Gasteiger partial charge in [-0.05, 0) is 19.1 Å². The van der Waals surface area contributed by atoms with E-state index in [1.165, 1.54) is 6.92 Å². The fourth-order valence-corrected chi connectivity index (χ4v) is 1.79. The van der Waals surface area contributed by atoms with Crippen LogP contribution in [0.1, 0.15) is 6.92 Å². The van der Waals surface area contributed by atoms with Crippen LogP contribution in [0.4, 0.5) is 0 Å². The average Bonchev–Trinajstić information content (AvgIpc) is 2.06. The van der Waals surface area contributed by atoms with E-state index in [0.29, 0.717) is 0 Å². The molecule has 1 aromatic rings. The number of benzene rings is 1. The van der Waals surface area contributed by atoms with Crippen molar-refractivity contribution >= 4 is 9.84 Å². The van der Waals surface area contributed by atoms with E-state index in [4.69, 9.17) is 5.73 Å². The minimum absolute atomic E-state index is 0.278. The highest BCUT2D eigenvalue weighted by Gasteiger charge is 2.18. The van der Waals surface area contributed by atoms with Crippen LogP contribution in [0, 0.1) is 0 Å². The van der Waals surface area contributed by atoms with Gasteiger partial charge in [0.25, 0.3) is 0 Å². The standard InChI is InChI=1S/C8H11NO2S/c1-7(9)12(10,11)8-5-3-2-4-6-8/h2-7H,9H2,1H3. The van der Waals surface area contributed by atoms with Crippen molar-refractivity contribution in [1.82, 2.24) is 0 Å². The molecule has 0 saturated carbocycles. The summed E-state index contributed by atoms with van der Waals surface area (Å²) in [5.74, 6) is 0. The highest BCUT2D eigenvalue weighted by Crippen LogP contribution is 2.11. The second-order valence-corrected chi connectivity index (χ2v) is 4.87. The van der Waals surface area contributed by atoms with E-state index in [1.807, 2.05) is 0 Å². The molecule has 1 aromatic carbocycles. The molecule has 0 fully saturated rings. The third kappa shape index (κ3) is 1.65. The summed E-state index contributed by atoms with van der Waals surface area (Å²) in [5.41, 5.74) is 5.31. The summed E-state index contributed by atoms with van der Waals surface area (Å²) in [6.45, 7) is 1.46. The van der Waals surface area contributed by atoms with Gasteiger partial charge in [0.2, 0.25) is 0 Å². The van der Waals surface area contributed by atoms with E-state index in [-0.39, 0.29) is 4.90 Å². The first-order chi connectivity index (χ1) is 5.55. The molecule has 3 nitrogen and oxygen atoms in total. The van der Waals surface area contributed by atoms with E-state index in [9.17, 15) is 8.42 Å². The van der Waals surface area contributed by atoms with Crippen LogP contribution in [-0.2, 0) is 9.84 Å². The second-order valence-electron chi connectivity index (χ2n) is 2.56. The van der Waals surface area contributed by atoms with Crippen molar-refractivity contribution in [3.63, 3.8) is 0 Å². The van der Waals surface area contributed by atoms with Crippen LogP contribution in [0.3, 0.4) is 0 Å². The predicted octanol–water partition coefficient (Wildman–Crippen LogP) is 0.765. The normalized spacial score (nSPS) is 14.2. The minimum atomic E-state index is -3.30. The van der Waals surface area contributed by atoms with Gasteiger partial charge in [-0.15, -0.1) is 0 Å². The van der Waals surface area contributed by atoms with E-state index in [1.54, 1.807) is 30.3 Å². The van der Waals surface area contributed by atoms with Gasteiger partial charge in [0.15, 0.2) is 9.84 Å². The van der Waals surface area contributed by atoms with Gasteiger partial charge in [-0.3, -0.25) is 0 Å². The smallest absolute Gasteiger partial charge is 0.193 e. The Balaban J connectivity index is 3.17. The second kappa shape index (κ2) is 3.25. The Bertz CT molecular complexity index is 343. The van der Waals surface area contributed by atoms with Crippen LogP contribution in [0.2, 0.25) is 0 Å². The Morgan fingerprint density at radius 2 is 1.75 bits per heavy atom. The average molecular weight is 185 g/mol. The molecular formula is C8H11NO2S. The zero-order valence-corrected chi connectivity index (χ0v) is 7.58. The molecule has 0 spiro atoms. The Morgan fingerprint density at radius 1 is 1.25 bits per heavy atom. The van der Waals surface area contributed by atoms with Gasteiger partial charge in [-0.2, -0.15) is 0 Å². The van der Waals surface area contributed by atoms with Crippen molar-refractivity contribution < 1.29 is 8.42 Å². The number of hydrogen-bond donors (Lipinski definition) is 1. The Labute approximate surface area is 72.1 Å². The molecule has 4 heteroatoms. The fourth-order valence-electron chi connectivity index (χ4n) is 0.825. The van der Waals surface area contributed by atoms with Crippen molar-refractivity contribution in [3.8, 4) is 0 Å². The molecule has 0 aliphatic carbocycles. The third-order valence-electron chi connectivity index (χ3n) is 1.56. The summed E-state index contributed by atoms with van der Waals surface area (Å²) in [5, 5.41) is -0.847. The van der Waals surface area contributed by atoms with Crippen LogP contribution in [0.25, 0.3) is 0 Å². The Morgan fingerprint density at radius 3 is 2.17 bits per heavy atom. The molecule has 12 heavy (non-hydrogen) atoms. The first-order valence-electron chi connectivity index (χ1n) is 3.59. The van der Waals surface area contributed by atoms with E-state index >= 15 is 0 Å². The molecule has 0 amide bonds. The summed E-state index contributed by atoms with van der Waals surface area (Å²) in [6.07, 6.45) is 0. The van der Waals surface area contributed by atoms with Gasteiger partial charge < -0.3 is 5.73 Å². The van der Waals surface area contributed by atoms with Crippen molar-refractivity contribution in [2.24, 2.45) is 5.73 Å². The van der Waals surface area contributed by atoms with Gasteiger partial charge in [0.05, 0.1) is 4.90 Å². The summed E-state index contributed by atoms with van der Waals surface area (Å²) in [4.78, 5) is 0.278. The minimum Gasteiger partial charge on any atom is -0.315 e. The zero-order valence-electron chi connectivity index (χ0n) is 6.77. The third-order valence-corrected chi connectivity index (χ3v) is 3.47. The number of rotatable bonds is 2. The maximum absolute atomic E-state index is 11.4. The first kappa shape index (κ1) is 9.22. The zero-order chi connectivity index (χ0) is 9.19. The van der Waals surface area contributed by atoms with E-state index in [2.05, 4.69) is 0 Å². The van der Waals surface area contributed by atoms with Crippen molar-refractivity contribution in [2.75, 3.05) is 0 Å². The fraction of sp³-hybridized carbons (Fsp3) is 0.250. The topological polar surface area (TPSA) is 60.2 Å². The monoisotopic (exact) mass is 185 g/mol. The number of nitrogens with two attached hydrogens (primary N) is 1. The Hall–Kier alpha value is -0.870. The van der Waals surface area contributed by atoms with Crippen LogP contribution in [0.5, 0.6) is 0 Å². The number of hydrogen-bond acceptors (Lipinski definition) is 3. The molecule has 1 rings (SSSR count). The molecule has 0 aromatic heterocycles. The maximum atomic E-state index is 11.4. The molecule has 2 N–H and O–H groups in total. The van der Waals surface area contributed by atoms with Crippen molar-refractivity contribution in [2.45, 2.75) is 17.2 Å². The molecule has 0 heterocycles. The molecule has 0 saturated heterocycles. The SMILES string of the molecule is CC(N)S(=O)(=O)c1ccccc1. The van der Waals surface area contributed by atoms with Crippen LogP contribution in [0.15, 0.2) is 35.2 Å². The van der Waals surface area contributed by atoms with Gasteiger partial charge in [-0.1, -0.05) is 18.2 Å². The molecule has 0 radical (unpaired) electrons. The lowest BCUT2D eigenvalue weighted by atomic mass is 10.4. The summed E-state index contributed by atoms with van der Waals surface area (Å²) in [6, 6.07) is 8.20. The summed E-state index contributed by atoms with van der Waals surface area (Å²) in [7, 11) is -3.30. The Kier molecular flexibility index (Phi) is 2.49.